The summed E-state index contributed by atoms with van der Waals surface area (Å²) in [5, 5.41) is 0. The first-order chi connectivity index (χ1) is 15.0. The second kappa shape index (κ2) is 9.35. The lowest BCUT2D eigenvalue weighted by atomic mass is 10.1. The van der Waals surface area contributed by atoms with Gasteiger partial charge in [0.25, 0.3) is 0 Å². The monoisotopic (exact) mass is 462 g/mol. The number of carbonyl (C=O) groups is 3. The second-order valence-corrected chi connectivity index (χ2v) is 9.61. The molecule has 10 heteroatoms. The first-order valence-corrected chi connectivity index (χ1v) is 11.6. The van der Waals surface area contributed by atoms with Gasteiger partial charge in [0.15, 0.2) is 12.4 Å². The van der Waals surface area contributed by atoms with Gasteiger partial charge in [-0.3, -0.25) is 9.59 Å². The van der Waals surface area contributed by atoms with Crippen molar-refractivity contribution in [2.75, 3.05) is 32.9 Å². The van der Waals surface area contributed by atoms with E-state index in [0.717, 1.165) is 0 Å². The fraction of sp³-hybridized carbons (Fsp3) is 0.409. The predicted octanol–water partition coefficient (Wildman–Crippen LogP) is 2.20. The SMILES string of the molecule is CC(=O)c1c(C)[nH]c(C(=O)COC(=O)c2cc(S(=O)(=O)N3CCOCC3)ccc2C)c1C. The fourth-order valence-corrected chi connectivity index (χ4v) is 5.19. The highest BCUT2D eigenvalue weighted by atomic mass is 32.2. The number of nitrogens with zero attached hydrogens (tertiary/aromatic N) is 1. The minimum atomic E-state index is -3.78. The molecule has 9 nitrogen and oxygen atoms in total. The van der Waals surface area contributed by atoms with Gasteiger partial charge in [0, 0.05) is 24.3 Å². The Balaban J connectivity index is 1.77. The zero-order valence-electron chi connectivity index (χ0n) is 18.5. The van der Waals surface area contributed by atoms with Crippen molar-refractivity contribution in [1.29, 1.82) is 0 Å². The number of hydrogen-bond donors (Lipinski definition) is 1. The maximum absolute atomic E-state index is 12.9. The number of aryl methyl sites for hydroxylation is 2. The van der Waals surface area contributed by atoms with Crippen LogP contribution in [0.3, 0.4) is 0 Å². The highest BCUT2D eigenvalue weighted by Crippen LogP contribution is 2.22. The van der Waals surface area contributed by atoms with E-state index >= 15 is 0 Å². The normalized spacial score (nSPS) is 14.9. The standard InChI is InChI=1S/C22H26N2O7S/c1-13-5-6-17(32(28,29)24-7-9-30-10-8-24)11-18(13)22(27)31-12-19(26)21-14(2)20(16(4)25)15(3)23-21/h5-6,11,23H,7-10,12H2,1-4H3. The van der Waals surface area contributed by atoms with E-state index in [-0.39, 0.29) is 35.0 Å². The van der Waals surface area contributed by atoms with Crippen LogP contribution in [0.1, 0.15) is 54.9 Å². The van der Waals surface area contributed by atoms with Crippen LogP contribution in [0.4, 0.5) is 0 Å². The van der Waals surface area contributed by atoms with Crippen LogP contribution in [0.2, 0.25) is 0 Å². The number of benzene rings is 1. The molecule has 0 bridgehead atoms. The van der Waals surface area contributed by atoms with Crippen LogP contribution in [0.15, 0.2) is 23.1 Å². The van der Waals surface area contributed by atoms with E-state index in [2.05, 4.69) is 4.98 Å². The van der Waals surface area contributed by atoms with Crippen LogP contribution in [-0.4, -0.2) is 68.2 Å². The van der Waals surface area contributed by atoms with Crippen molar-refractivity contribution in [2.45, 2.75) is 32.6 Å². The molecule has 0 unspecified atom stereocenters. The van der Waals surface area contributed by atoms with Crippen molar-refractivity contribution < 1.29 is 32.3 Å². The number of esters is 1. The van der Waals surface area contributed by atoms with Gasteiger partial charge in [-0.2, -0.15) is 4.31 Å². The van der Waals surface area contributed by atoms with E-state index in [0.29, 0.717) is 35.6 Å². The molecule has 0 saturated carbocycles. The first kappa shape index (κ1) is 23.8. The van der Waals surface area contributed by atoms with Crippen molar-refractivity contribution in [2.24, 2.45) is 0 Å². The molecule has 2 aromatic rings. The largest absolute Gasteiger partial charge is 0.454 e. The summed E-state index contributed by atoms with van der Waals surface area (Å²) in [5.41, 5.74) is 2.31. The molecule has 1 saturated heterocycles. The van der Waals surface area contributed by atoms with Gasteiger partial charge in [-0.1, -0.05) is 6.07 Å². The molecule has 0 radical (unpaired) electrons. The van der Waals surface area contributed by atoms with Crippen molar-refractivity contribution in [3.63, 3.8) is 0 Å². The molecule has 1 fully saturated rings. The van der Waals surface area contributed by atoms with Crippen LogP contribution in [0.25, 0.3) is 0 Å². The molecule has 0 amide bonds. The summed E-state index contributed by atoms with van der Waals surface area (Å²) in [5.74, 6) is -1.45. The van der Waals surface area contributed by atoms with Crippen molar-refractivity contribution in [1.82, 2.24) is 9.29 Å². The highest BCUT2D eigenvalue weighted by molar-refractivity contribution is 7.89. The number of aromatic amines is 1. The lowest BCUT2D eigenvalue weighted by molar-refractivity contribution is 0.0472. The van der Waals surface area contributed by atoms with Gasteiger partial charge in [-0.25, -0.2) is 13.2 Å². The van der Waals surface area contributed by atoms with Gasteiger partial charge >= 0.3 is 5.97 Å². The molecule has 0 atom stereocenters. The molecule has 1 aliphatic heterocycles. The highest BCUT2D eigenvalue weighted by Gasteiger charge is 2.28. The lowest BCUT2D eigenvalue weighted by Crippen LogP contribution is -2.40. The maximum Gasteiger partial charge on any atom is 0.338 e. The summed E-state index contributed by atoms with van der Waals surface area (Å²) >= 11 is 0. The van der Waals surface area contributed by atoms with E-state index in [1.54, 1.807) is 20.8 Å². The molecular weight excluding hydrogens is 436 g/mol. The molecule has 0 spiro atoms. The second-order valence-electron chi connectivity index (χ2n) is 7.67. The summed E-state index contributed by atoms with van der Waals surface area (Å²) in [6.07, 6.45) is 0. The summed E-state index contributed by atoms with van der Waals surface area (Å²) in [6, 6.07) is 4.24. The summed E-state index contributed by atoms with van der Waals surface area (Å²) in [4.78, 5) is 39.8. The Hall–Kier alpha value is -2.82. The summed E-state index contributed by atoms with van der Waals surface area (Å²) < 4.78 is 37.5. The van der Waals surface area contributed by atoms with E-state index in [4.69, 9.17) is 9.47 Å². The molecule has 2 heterocycles. The number of morpholine rings is 1. The van der Waals surface area contributed by atoms with Crippen molar-refractivity contribution in [3.05, 3.63) is 51.8 Å². The lowest BCUT2D eigenvalue weighted by Gasteiger charge is -2.26. The number of carbonyl (C=O) groups excluding carboxylic acids is 3. The van der Waals surface area contributed by atoms with Crippen molar-refractivity contribution >= 4 is 27.6 Å². The third-order valence-corrected chi connectivity index (χ3v) is 7.33. The summed E-state index contributed by atoms with van der Waals surface area (Å²) in [7, 11) is -3.78. The van der Waals surface area contributed by atoms with Crippen LogP contribution in [-0.2, 0) is 19.5 Å². The Labute approximate surface area is 186 Å². The Kier molecular flexibility index (Phi) is 6.97. The first-order valence-electron chi connectivity index (χ1n) is 10.1. The number of Topliss-reactive ketones (excluding diaryl/α,β-unsaturated/α-hetero) is 2. The number of sulfonamides is 1. The molecule has 32 heavy (non-hydrogen) atoms. The zero-order valence-corrected chi connectivity index (χ0v) is 19.3. The number of aromatic nitrogens is 1. The number of rotatable bonds is 7. The van der Waals surface area contributed by atoms with E-state index in [1.807, 2.05) is 0 Å². The molecule has 1 N–H and O–H groups in total. The minimum absolute atomic E-state index is 0.0230. The van der Waals surface area contributed by atoms with Gasteiger partial charge in [0.2, 0.25) is 15.8 Å². The van der Waals surface area contributed by atoms with Gasteiger partial charge < -0.3 is 14.5 Å². The smallest absolute Gasteiger partial charge is 0.338 e. The van der Waals surface area contributed by atoms with Crippen LogP contribution < -0.4 is 0 Å². The summed E-state index contributed by atoms with van der Waals surface area (Å²) in [6.45, 7) is 6.96. The van der Waals surface area contributed by atoms with Gasteiger partial charge in [-0.15, -0.1) is 0 Å². The van der Waals surface area contributed by atoms with E-state index in [9.17, 15) is 22.8 Å². The third kappa shape index (κ3) is 4.67. The van der Waals surface area contributed by atoms with E-state index in [1.165, 1.54) is 29.4 Å². The molecule has 1 aromatic carbocycles. The maximum atomic E-state index is 12.9. The average molecular weight is 463 g/mol. The fourth-order valence-electron chi connectivity index (χ4n) is 3.76. The Morgan fingerprint density at radius 2 is 1.78 bits per heavy atom. The molecule has 1 aliphatic rings. The van der Waals surface area contributed by atoms with Crippen molar-refractivity contribution in [3.8, 4) is 0 Å². The number of ether oxygens (including phenoxy) is 2. The third-order valence-electron chi connectivity index (χ3n) is 5.44. The number of hydrogen-bond acceptors (Lipinski definition) is 7. The van der Waals surface area contributed by atoms with Crippen LogP contribution in [0.5, 0.6) is 0 Å². The topological polar surface area (TPSA) is 123 Å². The number of ketones is 2. The predicted molar refractivity (Wildman–Crippen MR) is 116 cm³/mol. The minimum Gasteiger partial charge on any atom is -0.454 e. The van der Waals surface area contributed by atoms with E-state index < -0.39 is 28.4 Å². The number of nitrogens with one attached hydrogen (secondary N) is 1. The van der Waals surface area contributed by atoms with Gasteiger partial charge in [0.05, 0.1) is 29.4 Å². The molecular formula is C22H26N2O7S. The Morgan fingerprint density at radius 1 is 1.12 bits per heavy atom. The Morgan fingerprint density at radius 3 is 2.38 bits per heavy atom. The zero-order chi connectivity index (χ0) is 23.6. The molecule has 0 aliphatic carbocycles. The number of H-pyrrole nitrogens is 1. The van der Waals surface area contributed by atoms with Crippen LogP contribution >= 0.6 is 0 Å². The van der Waals surface area contributed by atoms with Gasteiger partial charge in [0.1, 0.15) is 0 Å². The van der Waals surface area contributed by atoms with Gasteiger partial charge in [-0.05, 0) is 51.0 Å². The quantitative estimate of drug-likeness (QED) is 0.494. The molecule has 1 aromatic heterocycles. The Bertz CT molecular complexity index is 1180. The molecule has 3 rings (SSSR count). The average Bonchev–Trinajstić information content (AvgIpc) is 3.06. The van der Waals surface area contributed by atoms with Crippen LogP contribution in [0, 0.1) is 20.8 Å². The molecule has 172 valence electrons.